The largest absolute Gasteiger partial charge is 0.461 e. The van der Waals surface area contributed by atoms with Crippen molar-refractivity contribution in [1.82, 2.24) is 9.80 Å². The van der Waals surface area contributed by atoms with Crippen molar-refractivity contribution in [2.45, 2.75) is 52.0 Å². The molecule has 2 amide bonds. The number of amides is 2. The monoisotopic (exact) mass is 356 g/mol. The summed E-state index contributed by atoms with van der Waals surface area (Å²) < 4.78 is 5.92. The van der Waals surface area contributed by atoms with Crippen molar-refractivity contribution < 1.29 is 14.0 Å². The third kappa shape index (κ3) is 4.09. The zero-order chi connectivity index (χ0) is 18.5. The molecular formula is C21H28N2O3. The fourth-order valence-corrected chi connectivity index (χ4v) is 3.60. The lowest BCUT2D eigenvalue weighted by molar-refractivity contribution is -0.140. The summed E-state index contributed by atoms with van der Waals surface area (Å²) in [5, 5.41) is 1.06. The van der Waals surface area contributed by atoms with Crippen molar-refractivity contribution in [2.24, 2.45) is 0 Å². The first-order chi connectivity index (χ1) is 12.6. The molecule has 0 bridgehead atoms. The molecule has 0 aliphatic carbocycles. The Morgan fingerprint density at radius 1 is 1.19 bits per heavy atom. The summed E-state index contributed by atoms with van der Waals surface area (Å²) in [6.45, 7) is 3.42. The standard InChI is InChI=1S/C21H28N2O3/c1-3-18-17(16-10-7-8-11-19(16)26-18)14-22(2)21(25)15-23-13-9-5-4-6-12-20(23)24/h7-8,10-11H,3-6,9,12-15H2,1-2H3. The van der Waals surface area contributed by atoms with Crippen LogP contribution in [0.3, 0.4) is 0 Å². The van der Waals surface area contributed by atoms with Crippen molar-refractivity contribution in [2.75, 3.05) is 20.1 Å². The second kappa shape index (κ2) is 8.39. The number of nitrogens with zero attached hydrogens (tertiary/aromatic N) is 2. The molecule has 5 nitrogen and oxygen atoms in total. The number of carbonyl (C=O) groups excluding carboxylic acids is 2. The van der Waals surface area contributed by atoms with Crippen LogP contribution in [0, 0.1) is 0 Å². The molecule has 0 N–H and O–H groups in total. The molecule has 140 valence electrons. The van der Waals surface area contributed by atoms with Gasteiger partial charge in [-0.25, -0.2) is 0 Å². The van der Waals surface area contributed by atoms with E-state index < -0.39 is 0 Å². The van der Waals surface area contributed by atoms with Gasteiger partial charge in [-0.1, -0.05) is 38.0 Å². The van der Waals surface area contributed by atoms with E-state index in [0.29, 0.717) is 19.5 Å². The predicted octanol–water partition coefficient (Wildman–Crippen LogP) is 3.75. The Balaban J connectivity index is 1.70. The molecule has 3 rings (SSSR count). The Morgan fingerprint density at radius 3 is 2.77 bits per heavy atom. The number of benzene rings is 1. The van der Waals surface area contributed by atoms with Gasteiger partial charge in [0.1, 0.15) is 11.3 Å². The number of hydrogen-bond donors (Lipinski definition) is 0. The molecule has 5 heteroatoms. The zero-order valence-electron chi connectivity index (χ0n) is 15.8. The number of rotatable bonds is 5. The Morgan fingerprint density at radius 2 is 1.96 bits per heavy atom. The molecule has 0 atom stereocenters. The maximum absolute atomic E-state index is 12.7. The van der Waals surface area contributed by atoms with E-state index in [9.17, 15) is 9.59 Å². The Bertz CT molecular complexity index is 781. The number of furan rings is 1. The third-order valence-corrected chi connectivity index (χ3v) is 5.17. The van der Waals surface area contributed by atoms with Gasteiger partial charge in [-0.05, 0) is 18.9 Å². The van der Waals surface area contributed by atoms with Crippen LogP contribution < -0.4 is 0 Å². The van der Waals surface area contributed by atoms with Crippen LogP contribution in [0.4, 0.5) is 0 Å². The van der Waals surface area contributed by atoms with Gasteiger partial charge in [0.25, 0.3) is 0 Å². The van der Waals surface area contributed by atoms with Crippen LogP contribution in [-0.4, -0.2) is 41.8 Å². The number of carbonyl (C=O) groups is 2. The average molecular weight is 356 g/mol. The minimum absolute atomic E-state index is 0.0220. The molecule has 2 heterocycles. The number of aryl methyl sites for hydroxylation is 1. The molecule has 1 aliphatic heterocycles. The minimum atomic E-state index is -0.0220. The van der Waals surface area contributed by atoms with E-state index in [1.54, 1.807) is 16.8 Å². The van der Waals surface area contributed by atoms with E-state index in [0.717, 1.165) is 54.4 Å². The molecule has 0 saturated carbocycles. The lowest BCUT2D eigenvalue weighted by Crippen LogP contribution is -2.42. The van der Waals surface area contributed by atoms with Crippen LogP contribution in [0.5, 0.6) is 0 Å². The second-order valence-corrected chi connectivity index (χ2v) is 7.08. The van der Waals surface area contributed by atoms with E-state index >= 15 is 0 Å². The van der Waals surface area contributed by atoms with Crippen LogP contribution in [0.1, 0.15) is 50.4 Å². The number of likely N-dealkylation sites (N-methyl/N-ethyl adjacent to an activating group) is 1. The topological polar surface area (TPSA) is 53.8 Å². The van der Waals surface area contributed by atoms with Gasteiger partial charge in [-0.2, -0.15) is 0 Å². The molecule has 26 heavy (non-hydrogen) atoms. The highest BCUT2D eigenvalue weighted by molar-refractivity contribution is 5.86. The normalized spacial score (nSPS) is 15.8. The summed E-state index contributed by atoms with van der Waals surface area (Å²) in [6, 6.07) is 7.94. The van der Waals surface area contributed by atoms with Crippen LogP contribution in [0.2, 0.25) is 0 Å². The Hall–Kier alpha value is -2.30. The van der Waals surface area contributed by atoms with Crippen molar-refractivity contribution >= 4 is 22.8 Å². The molecule has 1 aliphatic rings. The number of likely N-dealkylation sites (tertiary alicyclic amines) is 1. The minimum Gasteiger partial charge on any atom is -0.461 e. The van der Waals surface area contributed by atoms with Gasteiger partial charge in [0.2, 0.25) is 11.8 Å². The van der Waals surface area contributed by atoms with Crippen molar-refractivity contribution in [3.05, 3.63) is 35.6 Å². The summed E-state index contributed by atoms with van der Waals surface area (Å²) in [7, 11) is 1.80. The number of hydrogen-bond acceptors (Lipinski definition) is 3. The molecule has 0 unspecified atom stereocenters. The number of fused-ring (bicyclic) bond motifs is 1. The highest BCUT2D eigenvalue weighted by Crippen LogP contribution is 2.27. The molecule has 0 spiro atoms. The lowest BCUT2D eigenvalue weighted by Gasteiger charge is -2.27. The van der Waals surface area contributed by atoms with Crippen molar-refractivity contribution in [3.63, 3.8) is 0 Å². The first kappa shape index (κ1) is 18.5. The fourth-order valence-electron chi connectivity index (χ4n) is 3.60. The van der Waals surface area contributed by atoms with E-state index in [2.05, 4.69) is 6.92 Å². The molecule has 1 fully saturated rings. The summed E-state index contributed by atoms with van der Waals surface area (Å²) in [5.41, 5.74) is 1.93. The molecule has 1 saturated heterocycles. The molecule has 0 radical (unpaired) electrons. The quantitative estimate of drug-likeness (QED) is 0.820. The highest BCUT2D eigenvalue weighted by atomic mass is 16.3. The average Bonchev–Trinajstić information content (AvgIpc) is 2.99. The SMILES string of the molecule is CCc1oc2ccccc2c1CN(C)C(=O)CN1CCCCCCC1=O. The van der Waals surface area contributed by atoms with Gasteiger partial charge in [0, 0.05) is 43.9 Å². The van der Waals surface area contributed by atoms with E-state index in [4.69, 9.17) is 4.42 Å². The maximum Gasteiger partial charge on any atom is 0.242 e. The van der Waals surface area contributed by atoms with E-state index in [1.165, 1.54) is 0 Å². The van der Waals surface area contributed by atoms with Crippen molar-refractivity contribution in [1.29, 1.82) is 0 Å². The summed E-state index contributed by atoms with van der Waals surface area (Å²) in [4.78, 5) is 28.4. The number of para-hydroxylation sites is 1. The molecular weight excluding hydrogens is 328 g/mol. The predicted molar refractivity (Wildman–Crippen MR) is 102 cm³/mol. The van der Waals surface area contributed by atoms with Crippen LogP contribution in [0.25, 0.3) is 11.0 Å². The second-order valence-electron chi connectivity index (χ2n) is 7.08. The maximum atomic E-state index is 12.7. The van der Waals surface area contributed by atoms with Crippen LogP contribution in [-0.2, 0) is 22.6 Å². The smallest absolute Gasteiger partial charge is 0.242 e. The summed E-state index contributed by atoms with van der Waals surface area (Å²) >= 11 is 0. The Labute approximate surface area is 154 Å². The lowest BCUT2D eigenvalue weighted by atomic mass is 10.1. The Kier molecular flexibility index (Phi) is 5.96. The summed E-state index contributed by atoms with van der Waals surface area (Å²) in [6.07, 6.45) is 5.50. The highest BCUT2D eigenvalue weighted by Gasteiger charge is 2.22. The zero-order valence-corrected chi connectivity index (χ0v) is 15.8. The molecule has 1 aromatic carbocycles. The van der Waals surface area contributed by atoms with Gasteiger partial charge in [0.05, 0.1) is 6.54 Å². The third-order valence-electron chi connectivity index (χ3n) is 5.17. The van der Waals surface area contributed by atoms with E-state index in [1.807, 2.05) is 24.3 Å². The van der Waals surface area contributed by atoms with Crippen LogP contribution in [0.15, 0.2) is 28.7 Å². The molecule has 2 aromatic rings. The molecule has 1 aromatic heterocycles. The van der Waals surface area contributed by atoms with Gasteiger partial charge in [0.15, 0.2) is 0 Å². The first-order valence-electron chi connectivity index (χ1n) is 9.61. The van der Waals surface area contributed by atoms with E-state index in [-0.39, 0.29) is 18.4 Å². The van der Waals surface area contributed by atoms with Gasteiger partial charge < -0.3 is 14.2 Å². The first-order valence-corrected chi connectivity index (χ1v) is 9.61. The fraction of sp³-hybridized carbons (Fsp3) is 0.524. The van der Waals surface area contributed by atoms with Gasteiger partial charge in [-0.3, -0.25) is 9.59 Å². The van der Waals surface area contributed by atoms with Crippen LogP contribution >= 0.6 is 0 Å². The van der Waals surface area contributed by atoms with Gasteiger partial charge >= 0.3 is 0 Å². The van der Waals surface area contributed by atoms with Crippen molar-refractivity contribution in [3.8, 4) is 0 Å². The van der Waals surface area contributed by atoms with Gasteiger partial charge in [-0.15, -0.1) is 0 Å². The summed E-state index contributed by atoms with van der Waals surface area (Å²) in [5.74, 6) is 1.01.